The largest absolute Gasteiger partial charge is 0.345 e. The summed E-state index contributed by atoms with van der Waals surface area (Å²) in [6.45, 7) is 3.69. The third-order valence-corrected chi connectivity index (χ3v) is 4.02. The number of nitrogens with one attached hydrogen (secondary N) is 1. The smallest absolute Gasteiger partial charge is 0.295 e. The van der Waals surface area contributed by atoms with E-state index in [-0.39, 0.29) is 11.7 Å². The molecule has 1 aromatic carbocycles. The van der Waals surface area contributed by atoms with Gasteiger partial charge in [0.15, 0.2) is 0 Å². The maximum atomic E-state index is 12.5. The molecule has 0 aliphatic rings. The summed E-state index contributed by atoms with van der Waals surface area (Å²) in [7, 11) is 3.29. The van der Waals surface area contributed by atoms with Gasteiger partial charge in [-0.15, -0.1) is 5.10 Å². The molecular formula is C17H17ClN6O2. The summed E-state index contributed by atoms with van der Waals surface area (Å²) in [6.07, 6.45) is 0. The monoisotopic (exact) mass is 372 g/mol. The third-order valence-electron chi connectivity index (χ3n) is 3.69. The van der Waals surface area contributed by atoms with Crippen LogP contribution in [0.5, 0.6) is 0 Å². The Morgan fingerprint density at radius 1 is 1.15 bits per heavy atom. The van der Waals surface area contributed by atoms with Gasteiger partial charge in [0.05, 0.1) is 10.7 Å². The van der Waals surface area contributed by atoms with Crippen LogP contribution in [0.25, 0.3) is 5.78 Å². The Labute approximate surface area is 154 Å². The van der Waals surface area contributed by atoms with Gasteiger partial charge in [-0.1, -0.05) is 11.6 Å². The molecule has 0 spiro atoms. The van der Waals surface area contributed by atoms with E-state index in [9.17, 15) is 9.59 Å². The van der Waals surface area contributed by atoms with Crippen molar-refractivity contribution in [3.05, 3.63) is 52.1 Å². The molecule has 8 nitrogen and oxygen atoms in total. The maximum Gasteiger partial charge on any atom is 0.295 e. The van der Waals surface area contributed by atoms with E-state index < -0.39 is 5.91 Å². The number of hydrogen-bond donors (Lipinski definition) is 1. The third kappa shape index (κ3) is 3.36. The van der Waals surface area contributed by atoms with Crippen LogP contribution >= 0.6 is 11.6 Å². The van der Waals surface area contributed by atoms with E-state index in [2.05, 4.69) is 20.4 Å². The van der Waals surface area contributed by atoms with E-state index in [0.717, 1.165) is 11.4 Å². The van der Waals surface area contributed by atoms with Gasteiger partial charge in [0, 0.05) is 31.0 Å². The number of halogens is 1. The van der Waals surface area contributed by atoms with Crippen LogP contribution in [0.1, 0.15) is 32.4 Å². The topological polar surface area (TPSA) is 92.5 Å². The van der Waals surface area contributed by atoms with Crippen molar-refractivity contribution >= 4 is 34.9 Å². The van der Waals surface area contributed by atoms with Gasteiger partial charge >= 0.3 is 0 Å². The molecule has 1 N–H and O–H groups in total. The first-order valence-corrected chi connectivity index (χ1v) is 8.17. The van der Waals surface area contributed by atoms with E-state index in [1.54, 1.807) is 26.2 Å². The van der Waals surface area contributed by atoms with E-state index in [4.69, 9.17) is 11.6 Å². The molecule has 0 aliphatic heterocycles. The number of aryl methyl sites for hydroxylation is 2. The molecule has 0 fully saturated rings. The highest BCUT2D eigenvalue weighted by molar-refractivity contribution is 6.34. The molecule has 0 unspecified atom stereocenters. The van der Waals surface area contributed by atoms with Crippen LogP contribution in [0.15, 0.2) is 24.3 Å². The van der Waals surface area contributed by atoms with Gasteiger partial charge in [0.2, 0.25) is 5.82 Å². The number of anilines is 1. The summed E-state index contributed by atoms with van der Waals surface area (Å²) in [5.41, 5.74) is 2.32. The molecule has 2 aromatic heterocycles. The van der Waals surface area contributed by atoms with E-state index >= 15 is 0 Å². The van der Waals surface area contributed by atoms with Gasteiger partial charge in [-0.25, -0.2) is 9.50 Å². The zero-order valence-electron chi connectivity index (χ0n) is 14.7. The molecule has 0 saturated carbocycles. The number of aromatic nitrogens is 4. The van der Waals surface area contributed by atoms with Crippen LogP contribution in [0.3, 0.4) is 0 Å². The lowest BCUT2D eigenvalue weighted by atomic mass is 10.2. The summed E-state index contributed by atoms with van der Waals surface area (Å²) in [6, 6.07) is 6.52. The number of carbonyl (C=O) groups is 2. The van der Waals surface area contributed by atoms with Gasteiger partial charge in [0.25, 0.3) is 17.6 Å². The van der Waals surface area contributed by atoms with Crippen molar-refractivity contribution in [3.63, 3.8) is 0 Å². The van der Waals surface area contributed by atoms with Crippen molar-refractivity contribution in [2.75, 3.05) is 19.4 Å². The Balaban J connectivity index is 1.92. The zero-order valence-corrected chi connectivity index (χ0v) is 15.5. The second-order valence-electron chi connectivity index (χ2n) is 6.03. The van der Waals surface area contributed by atoms with E-state index in [0.29, 0.717) is 22.1 Å². The lowest BCUT2D eigenvalue weighted by molar-refractivity contribution is 0.0827. The number of nitrogens with zero attached hydrogens (tertiary/aromatic N) is 5. The van der Waals surface area contributed by atoms with Crippen molar-refractivity contribution in [1.29, 1.82) is 0 Å². The van der Waals surface area contributed by atoms with Crippen LogP contribution in [0, 0.1) is 13.8 Å². The molecular weight excluding hydrogens is 356 g/mol. The molecule has 3 rings (SSSR count). The Bertz CT molecular complexity index is 1030. The summed E-state index contributed by atoms with van der Waals surface area (Å²) in [5, 5.41) is 7.13. The maximum absolute atomic E-state index is 12.5. The fraction of sp³-hybridized carbons (Fsp3) is 0.235. The van der Waals surface area contributed by atoms with Gasteiger partial charge in [-0.3, -0.25) is 9.59 Å². The zero-order chi connectivity index (χ0) is 19.0. The first-order valence-electron chi connectivity index (χ1n) is 7.80. The molecule has 0 radical (unpaired) electrons. The van der Waals surface area contributed by atoms with Crippen LogP contribution < -0.4 is 5.32 Å². The van der Waals surface area contributed by atoms with Crippen LogP contribution in [-0.2, 0) is 0 Å². The van der Waals surface area contributed by atoms with Crippen molar-refractivity contribution < 1.29 is 9.59 Å². The number of rotatable bonds is 3. The molecule has 134 valence electrons. The minimum Gasteiger partial charge on any atom is -0.345 e. The fourth-order valence-corrected chi connectivity index (χ4v) is 2.62. The summed E-state index contributed by atoms with van der Waals surface area (Å²) >= 11 is 6.14. The first kappa shape index (κ1) is 17.8. The molecule has 0 aliphatic carbocycles. The highest BCUT2D eigenvalue weighted by atomic mass is 35.5. The van der Waals surface area contributed by atoms with Gasteiger partial charge < -0.3 is 10.2 Å². The van der Waals surface area contributed by atoms with Crippen LogP contribution in [0.4, 0.5) is 5.69 Å². The highest BCUT2D eigenvalue weighted by Crippen LogP contribution is 2.24. The van der Waals surface area contributed by atoms with Crippen LogP contribution in [0.2, 0.25) is 5.02 Å². The summed E-state index contributed by atoms with van der Waals surface area (Å²) in [4.78, 5) is 34.5. The molecule has 2 heterocycles. The van der Waals surface area contributed by atoms with Gasteiger partial charge in [-0.2, -0.15) is 4.98 Å². The minimum absolute atomic E-state index is 0.0356. The Morgan fingerprint density at radius 3 is 2.58 bits per heavy atom. The van der Waals surface area contributed by atoms with Crippen molar-refractivity contribution in [2.45, 2.75) is 13.8 Å². The van der Waals surface area contributed by atoms with Gasteiger partial charge in [-0.05, 0) is 38.1 Å². The average Bonchev–Trinajstić information content (AvgIpc) is 3.00. The predicted molar refractivity (Wildman–Crippen MR) is 97.7 cm³/mol. The molecule has 0 atom stereocenters. The predicted octanol–water partition coefficient (Wildman–Crippen LogP) is 2.35. The molecule has 26 heavy (non-hydrogen) atoms. The normalized spacial score (nSPS) is 10.8. The lowest BCUT2D eigenvalue weighted by Gasteiger charge is -2.12. The average molecular weight is 373 g/mol. The number of benzene rings is 1. The van der Waals surface area contributed by atoms with E-state index in [1.807, 2.05) is 19.9 Å². The van der Waals surface area contributed by atoms with Crippen molar-refractivity contribution in [2.24, 2.45) is 0 Å². The lowest BCUT2D eigenvalue weighted by Crippen LogP contribution is -2.22. The SMILES string of the molecule is Cc1cc(C)n2nc(C(=O)Nc3cc(C(=O)N(C)C)ccc3Cl)nc2n1. The molecule has 9 heteroatoms. The van der Waals surface area contributed by atoms with E-state index in [1.165, 1.54) is 15.5 Å². The van der Waals surface area contributed by atoms with Crippen molar-refractivity contribution in [3.8, 4) is 0 Å². The summed E-state index contributed by atoms with van der Waals surface area (Å²) in [5.74, 6) is -0.427. The Hall–Kier alpha value is -3.00. The minimum atomic E-state index is -0.538. The van der Waals surface area contributed by atoms with Gasteiger partial charge in [0.1, 0.15) is 0 Å². The molecule has 0 saturated heterocycles. The number of fused-ring (bicyclic) bond motifs is 1. The Morgan fingerprint density at radius 2 is 1.88 bits per heavy atom. The van der Waals surface area contributed by atoms with Crippen LogP contribution in [-0.4, -0.2) is 50.4 Å². The standard InChI is InChI=1S/C17H17ClN6O2/c1-9-7-10(2)24-17(19-9)21-14(22-24)15(25)20-13-8-11(5-6-12(13)18)16(26)23(3)4/h5-8H,1-4H3,(H,20,25). The molecule has 3 aromatic rings. The first-order chi connectivity index (χ1) is 12.3. The highest BCUT2D eigenvalue weighted by Gasteiger charge is 2.18. The summed E-state index contributed by atoms with van der Waals surface area (Å²) < 4.78 is 1.50. The second-order valence-corrected chi connectivity index (χ2v) is 6.44. The Kier molecular flexibility index (Phi) is 4.60. The second kappa shape index (κ2) is 6.72. The quantitative estimate of drug-likeness (QED) is 0.761. The number of amides is 2. The number of hydrogen-bond acceptors (Lipinski definition) is 5. The van der Waals surface area contributed by atoms with Crippen molar-refractivity contribution in [1.82, 2.24) is 24.5 Å². The molecule has 2 amide bonds. The fourth-order valence-electron chi connectivity index (χ4n) is 2.45. The number of carbonyl (C=O) groups excluding carboxylic acids is 2. The molecule has 0 bridgehead atoms.